The Morgan fingerprint density at radius 1 is 1.50 bits per heavy atom. The second-order valence-corrected chi connectivity index (χ2v) is 2.62. The highest BCUT2D eigenvalue weighted by Gasteiger charge is 2.11. The van der Waals surface area contributed by atoms with Crippen LogP contribution in [0.1, 0.15) is 10.5 Å². The number of hydrogen-bond acceptors (Lipinski definition) is 4. The van der Waals surface area contributed by atoms with E-state index in [2.05, 4.69) is 10.1 Å². The van der Waals surface area contributed by atoms with Gasteiger partial charge in [0.25, 0.3) is 0 Å². The monoisotopic (exact) mass is 190 g/mol. The van der Waals surface area contributed by atoms with Gasteiger partial charge >= 0.3 is 5.97 Å². The summed E-state index contributed by atoms with van der Waals surface area (Å²) in [4.78, 5) is 14.4. The van der Waals surface area contributed by atoms with E-state index in [1.54, 1.807) is 24.5 Å². The average Bonchev–Trinajstić information content (AvgIpc) is 2.68. The molecule has 2 aromatic rings. The van der Waals surface area contributed by atoms with Crippen LogP contribution in [-0.4, -0.2) is 21.2 Å². The van der Waals surface area contributed by atoms with E-state index < -0.39 is 5.97 Å². The molecule has 1 N–H and O–H groups in total. The summed E-state index contributed by atoms with van der Waals surface area (Å²) >= 11 is 0. The molecule has 0 unspecified atom stereocenters. The van der Waals surface area contributed by atoms with Gasteiger partial charge in [0, 0.05) is 24.0 Å². The van der Waals surface area contributed by atoms with Gasteiger partial charge in [-0.15, -0.1) is 0 Å². The molecule has 2 heterocycles. The quantitative estimate of drug-likeness (QED) is 0.775. The van der Waals surface area contributed by atoms with Gasteiger partial charge in [-0.1, -0.05) is 5.16 Å². The van der Waals surface area contributed by atoms with Gasteiger partial charge in [-0.3, -0.25) is 4.98 Å². The van der Waals surface area contributed by atoms with Crippen molar-refractivity contribution in [3.8, 4) is 11.3 Å². The third kappa shape index (κ3) is 1.47. The highest BCUT2D eigenvalue weighted by molar-refractivity contribution is 5.86. The molecule has 0 fully saturated rings. The predicted molar refractivity (Wildman–Crippen MR) is 46.7 cm³/mol. The molecular weight excluding hydrogens is 184 g/mol. The van der Waals surface area contributed by atoms with E-state index >= 15 is 0 Å². The van der Waals surface area contributed by atoms with Crippen LogP contribution in [-0.2, 0) is 0 Å². The minimum absolute atomic E-state index is 0.108. The second kappa shape index (κ2) is 3.29. The van der Waals surface area contributed by atoms with Crippen molar-refractivity contribution in [1.29, 1.82) is 0 Å². The minimum atomic E-state index is -1.11. The topological polar surface area (TPSA) is 76.2 Å². The first-order valence-electron chi connectivity index (χ1n) is 3.88. The number of aromatic carboxylic acids is 1. The van der Waals surface area contributed by atoms with Crippen molar-refractivity contribution in [3.63, 3.8) is 0 Å². The molecule has 0 bridgehead atoms. The zero-order valence-corrected chi connectivity index (χ0v) is 7.04. The van der Waals surface area contributed by atoms with Crippen LogP contribution in [0, 0.1) is 0 Å². The van der Waals surface area contributed by atoms with Gasteiger partial charge in [-0.25, -0.2) is 4.79 Å². The fourth-order valence-electron chi connectivity index (χ4n) is 1.02. The van der Waals surface area contributed by atoms with Crippen molar-refractivity contribution in [2.45, 2.75) is 0 Å². The van der Waals surface area contributed by atoms with Crippen molar-refractivity contribution in [1.82, 2.24) is 10.1 Å². The molecule has 0 atom stereocenters. The average molecular weight is 190 g/mol. The molecule has 2 rings (SSSR count). The van der Waals surface area contributed by atoms with Crippen LogP contribution in [0.2, 0.25) is 0 Å². The molecule has 0 saturated carbocycles. The first kappa shape index (κ1) is 8.43. The number of carboxylic acid groups (broad SMARTS) is 1. The standard InChI is InChI=1S/C9H6N2O3/c12-9(13)7-4-8(14-11-7)6-2-1-3-10-5-6/h1-5H,(H,12,13). The highest BCUT2D eigenvalue weighted by atomic mass is 16.5. The van der Waals surface area contributed by atoms with Crippen molar-refractivity contribution < 1.29 is 14.4 Å². The molecule has 0 radical (unpaired) electrons. The maximum absolute atomic E-state index is 10.5. The van der Waals surface area contributed by atoms with Crippen LogP contribution >= 0.6 is 0 Å². The summed E-state index contributed by atoms with van der Waals surface area (Å²) in [5, 5.41) is 12.0. The summed E-state index contributed by atoms with van der Waals surface area (Å²) in [6, 6.07) is 4.86. The van der Waals surface area contributed by atoms with Crippen LogP contribution in [0.25, 0.3) is 11.3 Å². The smallest absolute Gasteiger partial charge is 0.358 e. The summed E-state index contributed by atoms with van der Waals surface area (Å²) in [7, 11) is 0. The Morgan fingerprint density at radius 3 is 2.93 bits per heavy atom. The number of rotatable bonds is 2. The number of nitrogens with zero attached hydrogens (tertiary/aromatic N) is 2. The normalized spacial score (nSPS) is 10.0. The van der Waals surface area contributed by atoms with Gasteiger partial charge in [0.1, 0.15) is 0 Å². The maximum Gasteiger partial charge on any atom is 0.358 e. The summed E-state index contributed by atoms with van der Waals surface area (Å²) < 4.78 is 4.84. The Bertz CT molecular complexity index is 450. The molecule has 0 amide bonds. The van der Waals surface area contributed by atoms with E-state index in [-0.39, 0.29) is 5.69 Å². The van der Waals surface area contributed by atoms with Gasteiger partial charge in [-0.05, 0) is 12.1 Å². The van der Waals surface area contributed by atoms with Crippen LogP contribution in [0.5, 0.6) is 0 Å². The van der Waals surface area contributed by atoms with Crippen molar-refractivity contribution in [2.75, 3.05) is 0 Å². The molecule has 5 heteroatoms. The van der Waals surface area contributed by atoms with Gasteiger partial charge in [0.2, 0.25) is 0 Å². The van der Waals surface area contributed by atoms with Crippen LogP contribution in [0.4, 0.5) is 0 Å². The third-order valence-corrected chi connectivity index (χ3v) is 1.68. The van der Waals surface area contributed by atoms with E-state index in [9.17, 15) is 4.79 Å². The van der Waals surface area contributed by atoms with E-state index in [1.165, 1.54) is 6.07 Å². The number of hydrogen-bond donors (Lipinski definition) is 1. The summed E-state index contributed by atoms with van der Waals surface area (Å²) in [5.74, 6) is -0.709. The molecule has 70 valence electrons. The van der Waals surface area contributed by atoms with Gasteiger partial charge < -0.3 is 9.63 Å². The molecular formula is C9H6N2O3. The SMILES string of the molecule is O=C(O)c1cc(-c2cccnc2)on1. The molecule has 0 aromatic carbocycles. The first-order valence-corrected chi connectivity index (χ1v) is 3.88. The lowest BCUT2D eigenvalue weighted by Gasteiger charge is -1.90. The largest absolute Gasteiger partial charge is 0.476 e. The fourth-order valence-corrected chi connectivity index (χ4v) is 1.02. The van der Waals surface area contributed by atoms with E-state index in [0.29, 0.717) is 11.3 Å². The van der Waals surface area contributed by atoms with Gasteiger partial charge in [0.15, 0.2) is 11.5 Å². The number of pyridine rings is 1. The molecule has 5 nitrogen and oxygen atoms in total. The Hall–Kier alpha value is -2.17. The molecule has 14 heavy (non-hydrogen) atoms. The van der Waals surface area contributed by atoms with Crippen molar-refractivity contribution >= 4 is 5.97 Å². The third-order valence-electron chi connectivity index (χ3n) is 1.68. The molecule has 0 aliphatic rings. The lowest BCUT2D eigenvalue weighted by Crippen LogP contribution is -1.94. The summed E-state index contributed by atoms with van der Waals surface area (Å²) in [5.41, 5.74) is 0.594. The zero-order valence-electron chi connectivity index (χ0n) is 7.04. The molecule has 2 aromatic heterocycles. The minimum Gasteiger partial charge on any atom is -0.476 e. The Balaban J connectivity index is 2.39. The van der Waals surface area contributed by atoms with E-state index in [4.69, 9.17) is 9.63 Å². The predicted octanol–water partition coefficient (Wildman–Crippen LogP) is 1.43. The van der Waals surface area contributed by atoms with E-state index in [0.717, 1.165) is 0 Å². The Labute approximate surface area is 79.0 Å². The summed E-state index contributed by atoms with van der Waals surface area (Å²) in [6.45, 7) is 0. The molecule has 0 saturated heterocycles. The molecule has 0 aliphatic carbocycles. The molecule has 0 spiro atoms. The van der Waals surface area contributed by atoms with E-state index in [1.807, 2.05) is 0 Å². The first-order chi connectivity index (χ1) is 6.77. The van der Waals surface area contributed by atoms with Crippen LogP contribution < -0.4 is 0 Å². The lowest BCUT2D eigenvalue weighted by molar-refractivity contribution is 0.0686. The van der Waals surface area contributed by atoms with Crippen LogP contribution in [0.15, 0.2) is 35.1 Å². The fraction of sp³-hybridized carbons (Fsp3) is 0. The lowest BCUT2D eigenvalue weighted by atomic mass is 10.2. The highest BCUT2D eigenvalue weighted by Crippen LogP contribution is 2.18. The van der Waals surface area contributed by atoms with Crippen molar-refractivity contribution in [2.24, 2.45) is 0 Å². The van der Waals surface area contributed by atoms with Crippen molar-refractivity contribution in [3.05, 3.63) is 36.3 Å². The van der Waals surface area contributed by atoms with Gasteiger partial charge in [0.05, 0.1) is 0 Å². The number of carboxylic acids is 1. The zero-order chi connectivity index (χ0) is 9.97. The second-order valence-electron chi connectivity index (χ2n) is 2.62. The van der Waals surface area contributed by atoms with Gasteiger partial charge in [-0.2, -0.15) is 0 Å². The summed E-state index contributed by atoms with van der Waals surface area (Å²) in [6.07, 6.45) is 3.20. The maximum atomic E-state index is 10.5. The van der Waals surface area contributed by atoms with Crippen LogP contribution in [0.3, 0.4) is 0 Å². The number of carbonyl (C=O) groups is 1. The number of aromatic nitrogens is 2. The Morgan fingerprint density at radius 2 is 2.36 bits per heavy atom. The molecule has 0 aliphatic heterocycles. The Kier molecular flexibility index (Phi) is 1.98.